The third-order valence-corrected chi connectivity index (χ3v) is 4.37. The fourth-order valence-corrected chi connectivity index (χ4v) is 2.57. The summed E-state index contributed by atoms with van der Waals surface area (Å²) >= 11 is 3.34. The number of hydrogen-bond donors (Lipinski definition) is 2. The highest BCUT2D eigenvalue weighted by Crippen LogP contribution is 2.16. The van der Waals surface area contributed by atoms with Crippen molar-refractivity contribution in [2.45, 2.75) is 25.4 Å². The molecule has 0 fully saturated rings. The van der Waals surface area contributed by atoms with Gasteiger partial charge >= 0.3 is 0 Å². The highest BCUT2D eigenvalue weighted by atomic mass is 79.9. The van der Waals surface area contributed by atoms with E-state index in [4.69, 9.17) is 5.73 Å². The van der Waals surface area contributed by atoms with Gasteiger partial charge in [0.2, 0.25) is 5.91 Å². The number of nitrogens with two attached hydrogens (primary N) is 1. The zero-order valence-electron chi connectivity index (χ0n) is 11.5. The van der Waals surface area contributed by atoms with Crippen LogP contribution in [0.15, 0.2) is 28.7 Å². The molecule has 1 aromatic carbocycles. The predicted molar refractivity (Wildman–Crippen MR) is 83.0 cm³/mol. The zero-order valence-corrected chi connectivity index (χ0v) is 13.9. The van der Waals surface area contributed by atoms with Crippen molar-refractivity contribution in [1.82, 2.24) is 5.32 Å². The fraction of sp³-hybridized carbons (Fsp3) is 0.462. The van der Waals surface area contributed by atoms with Crippen LogP contribution in [0.5, 0.6) is 0 Å². The molecule has 0 aliphatic carbocycles. The van der Waals surface area contributed by atoms with Gasteiger partial charge in [0.1, 0.15) is 9.84 Å². The lowest BCUT2D eigenvalue weighted by atomic mass is 10.1. The van der Waals surface area contributed by atoms with Crippen LogP contribution >= 0.6 is 15.9 Å². The lowest BCUT2D eigenvalue weighted by Gasteiger charge is -2.17. The van der Waals surface area contributed by atoms with E-state index in [1.54, 1.807) is 0 Å². The molecule has 2 atom stereocenters. The Morgan fingerprint density at radius 3 is 2.40 bits per heavy atom. The highest BCUT2D eigenvalue weighted by molar-refractivity contribution is 9.10. The van der Waals surface area contributed by atoms with E-state index in [1.165, 1.54) is 0 Å². The summed E-state index contributed by atoms with van der Waals surface area (Å²) in [5.41, 5.74) is 6.65. The number of carbonyl (C=O) groups is 1. The molecule has 0 aliphatic heterocycles. The van der Waals surface area contributed by atoms with Crippen LogP contribution in [0.1, 0.15) is 24.9 Å². The van der Waals surface area contributed by atoms with Crippen molar-refractivity contribution >= 4 is 31.7 Å². The van der Waals surface area contributed by atoms with Crippen LogP contribution in [-0.4, -0.2) is 32.4 Å². The molecule has 1 aromatic rings. The topological polar surface area (TPSA) is 89.3 Å². The molecule has 0 aromatic heterocycles. The Morgan fingerprint density at radius 1 is 1.35 bits per heavy atom. The first-order valence-electron chi connectivity index (χ1n) is 6.18. The van der Waals surface area contributed by atoms with E-state index in [1.807, 2.05) is 31.2 Å². The van der Waals surface area contributed by atoms with Gasteiger partial charge < -0.3 is 11.1 Å². The molecule has 0 saturated heterocycles. The Hall–Kier alpha value is -0.920. The minimum Gasteiger partial charge on any atom is -0.348 e. The second-order valence-corrected chi connectivity index (χ2v) is 7.98. The van der Waals surface area contributed by atoms with E-state index in [0.29, 0.717) is 0 Å². The highest BCUT2D eigenvalue weighted by Gasteiger charge is 2.18. The van der Waals surface area contributed by atoms with E-state index in [-0.39, 0.29) is 24.1 Å². The van der Waals surface area contributed by atoms with E-state index in [0.717, 1.165) is 16.3 Å². The summed E-state index contributed by atoms with van der Waals surface area (Å²) in [4.78, 5) is 11.9. The summed E-state index contributed by atoms with van der Waals surface area (Å²) in [7, 11) is -3.10. The van der Waals surface area contributed by atoms with Gasteiger partial charge in [-0.05, 0) is 31.0 Å². The SMILES string of the molecule is C[C@@H](NC(=O)C(N)CCS(C)(=O)=O)c1ccc(Br)cc1. The van der Waals surface area contributed by atoms with Crippen LogP contribution in [0.25, 0.3) is 0 Å². The summed E-state index contributed by atoms with van der Waals surface area (Å²) in [6.07, 6.45) is 1.25. The Labute approximate surface area is 128 Å². The molecule has 3 N–H and O–H groups in total. The summed E-state index contributed by atoms with van der Waals surface area (Å²) in [6.45, 7) is 1.85. The molecule has 1 rings (SSSR count). The van der Waals surface area contributed by atoms with Gasteiger partial charge in [-0.3, -0.25) is 4.79 Å². The predicted octanol–water partition coefficient (Wildman–Crippen LogP) is 1.39. The number of nitrogens with one attached hydrogen (secondary N) is 1. The summed E-state index contributed by atoms with van der Waals surface area (Å²) in [6, 6.07) is 6.58. The van der Waals surface area contributed by atoms with E-state index < -0.39 is 15.9 Å². The van der Waals surface area contributed by atoms with Crippen molar-refractivity contribution in [2.24, 2.45) is 5.73 Å². The van der Waals surface area contributed by atoms with Gasteiger partial charge in [0.05, 0.1) is 17.8 Å². The molecule has 0 heterocycles. The van der Waals surface area contributed by atoms with Crippen LogP contribution in [0.3, 0.4) is 0 Å². The smallest absolute Gasteiger partial charge is 0.237 e. The van der Waals surface area contributed by atoms with Crippen molar-refractivity contribution in [1.29, 1.82) is 0 Å². The number of hydrogen-bond acceptors (Lipinski definition) is 4. The fourth-order valence-electron chi connectivity index (χ4n) is 1.63. The van der Waals surface area contributed by atoms with Crippen molar-refractivity contribution < 1.29 is 13.2 Å². The number of halogens is 1. The normalized spacial score (nSPS) is 14.6. The lowest BCUT2D eigenvalue weighted by molar-refractivity contribution is -0.123. The summed E-state index contributed by atoms with van der Waals surface area (Å²) in [5.74, 6) is -0.432. The number of rotatable bonds is 6. The van der Waals surface area contributed by atoms with Gasteiger partial charge in [0.25, 0.3) is 0 Å². The average molecular weight is 363 g/mol. The van der Waals surface area contributed by atoms with Crippen molar-refractivity contribution in [3.05, 3.63) is 34.3 Å². The largest absolute Gasteiger partial charge is 0.348 e. The third kappa shape index (κ3) is 6.02. The number of amides is 1. The summed E-state index contributed by atoms with van der Waals surface area (Å²) < 4.78 is 23.0. The minimum atomic E-state index is -3.10. The van der Waals surface area contributed by atoms with E-state index in [2.05, 4.69) is 21.2 Å². The van der Waals surface area contributed by atoms with Crippen LogP contribution in [-0.2, 0) is 14.6 Å². The third-order valence-electron chi connectivity index (χ3n) is 2.87. The maximum Gasteiger partial charge on any atom is 0.237 e. The Kier molecular flexibility index (Phi) is 6.16. The monoisotopic (exact) mass is 362 g/mol. The Bertz CT molecular complexity index is 557. The van der Waals surface area contributed by atoms with Gasteiger partial charge in [-0.2, -0.15) is 0 Å². The van der Waals surface area contributed by atoms with Gasteiger partial charge in [-0.1, -0.05) is 28.1 Å². The van der Waals surface area contributed by atoms with Gasteiger partial charge in [-0.15, -0.1) is 0 Å². The maximum absolute atomic E-state index is 11.9. The first-order valence-corrected chi connectivity index (χ1v) is 9.03. The van der Waals surface area contributed by atoms with Gasteiger partial charge in [-0.25, -0.2) is 8.42 Å². The molecule has 7 heteroatoms. The van der Waals surface area contributed by atoms with Crippen LogP contribution in [0.4, 0.5) is 0 Å². The molecule has 0 spiro atoms. The number of carbonyl (C=O) groups excluding carboxylic acids is 1. The van der Waals surface area contributed by atoms with Crippen molar-refractivity contribution in [2.75, 3.05) is 12.0 Å². The van der Waals surface area contributed by atoms with Crippen LogP contribution in [0.2, 0.25) is 0 Å². The van der Waals surface area contributed by atoms with Gasteiger partial charge in [0.15, 0.2) is 0 Å². The minimum absolute atomic E-state index is 0.0890. The van der Waals surface area contributed by atoms with Crippen molar-refractivity contribution in [3.8, 4) is 0 Å². The second-order valence-electron chi connectivity index (χ2n) is 4.81. The maximum atomic E-state index is 11.9. The molecule has 20 heavy (non-hydrogen) atoms. The second kappa shape index (κ2) is 7.19. The standard InChI is InChI=1S/C13H19BrN2O3S/c1-9(10-3-5-11(14)6-4-10)16-13(17)12(15)7-8-20(2,18)19/h3-6,9,12H,7-8,15H2,1-2H3,(H,16,17)/t9-,12?/m1/s1. The number of sulfone groups is 1. The van der Waals surface area contributed by atoms with Gasteiger partial charge in [0, 0.05) is 10.7 Å². The molecule has 1 unspecified atom stereocenters. The molecular formula is C13H19BrN2O3S. The van der Waals surface area contributed by atoms with Crippen molar-refractivity contribution in [3.63, 3.8) is 0 Å². The Balaban J connectivity index is 2.54. The molecule has 112 valence electrons. The number of benzene rings is 1. The van der Waals surface area contributed by atoms with Crippen LogP contribution < -0.4 is 11.1 Å². The average Bonchev–Trinajstić information content (AvgIpc) is 2.35. The van der Waals surface area contributed by atoms with E-state index >= 15 is 0 Å². The molecular weight excluding hydrogens is 344 g/mol. The first kappa shape index (κ1) is 17.1. The molecule has 0 bridgehead atoms. The molecule has 0 radical (unpaired) electrons. The molecule has 1 amide bonds. The van der Waals surface area contributed by atoms with E-state index in [9.17, 15) is 13.2 Å². The zero-order chi connectivity index (χ0) is 15.3. The first-order chi connectivity index (χ1) is 9.19. The molecule has 0 saturated carbocycles. The Morgan fingerprint density at radius 2 is 1.90 bits per heavy atom. The molecule has 5 nitrogen and oxygen atoms in total. The summed E-state index contributed by atoms with van der Waals surface area (Å²) in [5, 5.41) is 2.78. The molecule has 0 aliphatic rings. The lowest BCUT2D eigenvalue weighted by Crippen LogP contribution is -2.42. The quantitative estimate of drug-likeness (QED) is 0.799. The van der Waals surface area contributed by atoms with Crippen LogP contribution in [0, 0.1) is 0 Å².